The first kappa shape index (κ1) is 23.3. The number of carbonyl (C=O) groups is 1. The molecule has 2 aromatic rings. The summed E-state index contributed by atoms with van der Waals surface area (Å²) in [5.41, 5.74) is -4.61. The fourth-order valence-corrected chi connectivity index (χ4v) is 4.02. The molecule has 4 nitrogen and oxygen atoms in total. The van der Waals surface area contributed by atoms with E-state index in [4.69, 9.17) is 11.6 Å². The van der Waals surface area contributed by atoms with Gasteiger partial charge in [-0.25, -0.2) is 4.98 Å². The number of amides is 1. The van der Waals surface area contributed by atoms with Crippen LogP contribution in [0, 0.1) is 0 Å². The minimum Gasteiger partial charge on any atom is -0.387 e. The zero-order valence-electron chi connectivity index (χ0n) is 15.8. The van der Waals surface area contributed by atoms with Gasteiger partial charge in [0.1, 0.15) is 5.69 Å². The van der Waals surface area contributed by atoms with Crippen LogP contribution >= 0.6 is 11.6 Å². The molecule has 1 amide bonds. The first-order valence-corrected chi connectivity index (χ1v) is 9.63. The summed E-state index contributed by atoms with van der Waals surface area (Å²) in [5.74, 6) is -1.14. The number of hydrogen-bond donors (Lipinski definition) is 2. The van der Waals surface area contributed by atoms with Crippen LogP contribution in [-0.2, 0) is 12.4 Å². The van der Waals surface area contributed by atoms with Crippen molar-refractivity contribution < 1.29 is 36.2 Å². The van der Waals surface area contributed by atoms with E-state index < -0.39 is 51.7 Å². The SMILES string of the molecule is O=C(NC(c1cccc(C(F)(F)F)c1)C1(O)CCCC1)c1nccc(C(F)(F)F)c1Cl. The van der Waals surface area contributed by atoms with Crippen molar-refractivity contribution in [2.45, 2.75) is 49.7 Å². The molecule has 2 N–H and O–H groups in total. The number of halogens is 7. The third kappa shape index (κ3) is 4.95. The van der Waals surface area contributed by atoms with Crippen molar-refractivity contribution >= 4 is 17.5 Å². The molecule has 1 aliphatic rings. The summed E-state index contributed by atoms with van der Waals surface area (Å²) in [5, 5.41) is 12.4. The predicted octanol–water partition coefficient (Wildman–Crippen LogP) is 5.55. The summed E-state index contributed by atoms with van der Waals surface area (Å²) < 4.78 is 78.7. The topological polar surface area (TPSA) is 62.2 Å². The van der Waals surface area contributed by atoms with Crippen molar-refractivity contribution in [3.8, 4) is 0 Å². The maximum atomic E-state index is 13.2. The molecular weight excluding hydrogens is 450 g/mol. The molecule has 1 aliphatic carbocycles. The standard InChI is InChI=1S/C20H17ClF6N2O2/c21-14-13(20(25,26)27)6-9-28-15(14)17(30)29-16(18(31)7-1-2-8-18)11-4-3-5-12(10-11)19(22,23)24/h3-6,9-10,16,31H,1-2,7-8H2,(H,29,30). The molecule has 1 atom stereocenters. The van der Waals surface area contributed by atoms with E-state index in [0.717, 1.165) is 24.4 Å². The lowest BCUT2D eigenvalue weighted by Gasteiger charge is -2.34. The largest absolute Gasteiger partial charge is 0.417 e. The van der Waals surface area contributed by atoms with E-state index in [9.17, 15) is 36.2 Å². The lowest BCUT2D eigenvalue weighted by molar-refractivity contribution is -0.138. The molecule has 1 unspecified atom stereocenters. The van der Waals surface area contributed by atoms with Crippen LogP contribution in [0.25, 0.3) is 0 Å². The molecule has 11 heteroatoms. The molecule has 1 saturated carbocycles. The van der Waals surface area contributed by atoms with E-state index in [2.05, 4.69) is 10.3 Å². The van der Waals surface area contributed by atoms with Gasteiger partial charge in [0.2, 0.25) is 0 Å². The molecule has 1 aromatic heterocycles. The molecule has 0 aliphatic heterocycles. The molecule has 1 heterocycles. The van der Waals surface area contributed by atoms with Crippen LogP contribution < -0.4 is 5.32 Å². The number of nitrogens with one attached hydrogen (secondary N) is 1. The van der Waals surface area contributed by atoms with Gasteiger partial charge in [-0.1, -0.05) is 36.6 Å². The Morgan fingerprint density at radius 3 is 2.32 bits per heavy atom. The fraction of sp³-hybridized carbons (Fsp3) is 0.400. The highest BCUT2D eigenvalue weighted by Crippen LogP contribution is 2.42. The summed E-state index contributed by atoms with van der Waals surface area (Å²) >= 11 is 5.74. The molecule has 168 valence electrons. The van der Waals surface area contributed by atoms with Crippen molar-refractivity contribution in [2.75, 3.05) is 0 Å². The van der Waals surface area contributed by atoms with Gasteiger partial charge in [0.15, 0.2) is 0 Å². The Morgan fingerprint density at radius 2 is 1.74 bits per heavy atom. The predicted molar refractivity (Wildman–Crippen MR) is 99.3 cm³/mol. The monoisotopic (exact) mass is 466 g/mol. The van der Waals surface area contributed by atoms with Gasteiger partial charge in [0, 0.05) is 6.20 Å². The number of aromatic nitrogens is 1. The zero-order chi connectivity index (χ0) is 23.0. The van der Waals surface area contributed by atoms with E-state index >= 15 is 0 Å². The van der Waals surface area contributed by atoms with Gasteiger partial charge in [-0.3, -0.25) is 4.79 Å². The Labute approximate surface area is 178 Å². The highest BCUT2D eigenvalue weighted by Gasteiger charge is 2.43. The van der Waals surface area contributed by atoms with Crippen molar-refractivity contribution in [2.24, 2.45) is 0 Å². The van der Waals surface area contributed by atoms with Crippen molar-refractivity contribution in [1.82, 2.24) is 10.3 Å². The van der Waals surface area contributed by atoms with Crippen LogP contribution in [0.4, 0.5) is 26.3 Å². The maximum Gasteiger partial charge on any atom is 0.417 e. The molecule has 0 radical (unpaired) electrons. The van der Waals surface area contributed by atoms with E-state index in [1.165, 1.54) is 6.07 Å². The fourth-order valence-electron chi connectivity index (χ4n) is 3.72. The number of hydrogen-bond acceptors (Lipinski definition) is 3. The molecule has 0 spiro atoms. The van der Waals surface area contributed by atoms with Crippen LogP contribution in [0.1, 0.15) is 58.9 Å². The molecular formula is C20H17ClF6N2O2. The second-order valence-electron chi connectivity index (χ2n) is 7.36. The van der Waals surface area contributed by atoms with E-state index in [0.29, 0.717) is 18.9 Å². The highest BCUT2D eigenvalue weighted by molar-refractivity contribution is 6.34. The van der Waals surface area contributed by atoms with Gasteiger partial charge in [-0.2, -0.15) is 26.3 Å². The van der Waals surface area contributed by atoms with Gasteiger partial charge in [-0.15, -0.1) is 0 Å². The quantitative estimate of drug-likeness (QED) is 0.581. The average Bonchev–Trinajstić information content (AvgIpc) is 3.12. The number of aliphatic hydroxyl groups is 1. The number of nitrogens with zero attached hydrogens (tertiary/aromatic N) is 1. The molecule has 1 aromatic carbocycles. The number of pyridine rings is 1. The zero-order valence-corrected chi connectivity index (χ0v) is 16.6. The molecule has 3 rings (SSSR count). The lowest BCUT2D eigenvalue weighted by atomic mass is 9.86. The Kier molecular flexibility index (Phi) is 6.25. The Hall–Kier alpha value is -2.33. The molecule has 0 saturated heterocycles. The third-order valence-corrected chi connectivity index (χ3v) is 5.62. The Morgan fingerprint density at radius 1 is 1.10 bits per heavy atom. The van der Waals surface area contributed by atoms with Gasteiger partial charge in [0.05, 0.1) is 27.8 Å². The minimum absolute atomic E-state index is 0.0318. The Balaban J connectivity index is 2.01. The van der Waals surface area contributed by atoms with Crippen LogP contribution in [-0.4, -0.2) is 21.6 Å². The van der Waals surface area contributed by atoms with Gasteiger partial charge in [-0.05, 0) is 36.6 Å². The van der Waals surface area contributed by atoms with Crippen molar-refractivity contribution in [1.29, 1.82) is 0 Å². The minimum atomic E-state index is -4.83. The lowest BCUT2D eigenvalue weighted by Crippen LogP contribution is -2.44. The number of benzene rings is 1. The van der Waals surface area contributed by atoms with Crippen molar-refractivity contribution in [3.05, 3.63) is 63.9 Å². The van der Waals surface area contributed by atoms with Crippen LogP contribution in [0.2, 0.25) is 5.02 Å². The van der Waals surface area contributed by atoms with Gasteiger partial charge < -0.3 is 10.4 Å². The first-order chi connectivity index (χ1) is 14.3. The Bertz CT molecular complexity index is 971. The summed E-state index contributed by atoms with van der Waals surface area (Å²) in [6.45, 7) is 0. The summed E-state index contributed by atoms with van der Waals surface area (Å²) in [6, 6.07) is 3.36. The van der Waals surface area contributed by atoms with E-state index in [-0.39, 0.29) is 18.4 Å². The highest BCUT2D eigenvalue weighted by atomic mass is 35.5. The van der Waals surface area contributed by atoms with Crippen LogP contribution in [0.3, 0.4) is 0 Å². The molecule has 0 bridgehead atoms. The smallest absolute Gasteiger partial charge is 0.387 e. The van der Waals surface area contributed by atoms with Crippen LogP contribution in [0.15, 0.2) is 36.5 Å². The summed E-state index contributed by atoms with van der Waals surface area (Å²) in [4.78, 5) is 16.4. The molecule has 31 heavy (non-hydrogen) atoms. The van der Waals surface area contributed by atoms with Gasteiger partial charge in [0.25, 0.3) is 5.91 Å². The maximum absolute atomic E-state index is 13.2. The normalized spacial score (nSPS) is 17.4. The average molecular weight is 467 g/mol. The third-order valence-electron chi connectivity index (χ3n) is 5.24. The van der Waals surface area contributed by atoms with Gasteiger partial charge >= 0.3 is 12.4 Å². The summed E-state index contributed by atoms with van der Waals surface area (Å²) in [7, 11) is 0. The number of rotatable bonds is 4. The summed E-state index contributed by atoms with van der Waals surface area (Å²) in [6.07, 6.45) is -7.20. The van der Waals surface area contributed by atoms with Crippen LogP contribution in [0.5, 0.6) is 0 Å². The molecule has 1 fully saturated rings. The number of alkyl halides is 6. The van der Waals surface area contributed by atoms with Crippen molar-refractivity contribution in [3.63, 3.8) is 0 Å². The van der Waals surface area contributed by atoms with E-state index in [1.807, 2.05) is 0 Å². The van der Waals surface area contributed by atoms with E-state index in [1.54, 1.807) is 0 Å². The second-order valence-corrected chi connectivity index (χ2v) is 7.74. The number of carbonyl (C=O) groups excluding carboxylic acids is 1. The first-order valence-electron chi connectivity index (χ1n) is 9.25. The second kappa shape index (κ2) is 8.31.